The fourth-order valence-electron chi connectivity index (χ4n) is 2.16. The molecule has 3 heteroatoms. The van der Waals surface area contributed by atoms with E-state index in [1.165, 1.54) is 16.3 Å². The lowest BCUT2D eigenvalue weighted by atomic mass is 10.0. The molecule has 2 aromatic rings. The molecule has 2 nitrogen and oxygen atoms in total. The molecule has 17 heavy (non-hydrogen) atoms. The molecule has 1 aromatic heterocycles. The van der Waals surface area contributed by atoms with E-state index in [2.05, 4.69) is 51.3 Å². The summed E-state index contributed by atoms with van der Waals surface area (Å²) in [7, 11) is 0. The summed E-state index contributed by atoms with van der Waals surface area (Å²) in [5, 5.41) is 2.42. The fourth-order valence-corrected chi connectivity index (χ4v) is 2.60. The van der Waals surface area contributed by atoms with Gasteiger partial charge in [0.25, 0.3) is 0 Å². The highest BCUT2D eigenvalue weighted by Crippen LogP contribution is 2.30. The summed E-state index contributed by atoms with van der Waals surface area (Å²) < 4.78 is 6.39. The molecular weight excluding hydrogens is 278 g/mol. The van der Waals surface area contributed by atoms with E-state index in [1.54, 1.807) is 0 Å². The summed E-state index contributed by atoms with van der Waals surface area (Å²) in [5.41, 5.74) is 2.38. The maximum Gasteiger partial charge on any atom is 0.0739 e. The van der Waals surface area contributed by atoms with Gasteiger partial charge in [-0.2, -0.15) is 0 Å². The number of rotatable bonds is 1. The van der Waals surface area contributed by atoms with Gasteiger partial charge in [-0.25, -0.2) is 0 Å². The molecule has 1 aliphatic heterocycles. The molecule has 0 atom stereocenters. The van der Waals surface area contributed by atoms with Crippen LogP contribution in [0.2, 0.25) is 0 Å². The number of ether oxygens (including phenoxy) is 1. The van der Waals surface area contributed by atoms with Crippen molar-refractivity contribution in [1.82, 2.24) is 4.98 Å². The number of aromatic nitrogens is 1. The first kappa shape index (κ1) is 10.9. The van der Waals surface area contributed by atoms with Crippen molar-refractivity contribution in [3.8, 4) is 0 Å². The minimum absolute atomic E-state index is 0.696. The molecule has 1 aromatic carbocycles. The molecule has 86 valence electrons. The Morgan fingerprint density at radius 3 is 2.76 bits per heavy atom. The zero-order chi connectivity index (χ0) is 11.7. The van der Waals surface area contributed by atoms with Crippen LogP contribution in [-0.2, 0) is 4.74 Å². The molecule has 0 unspecified atom stereocenters. The van der Waals surface area contributed by atoms with Gasteiger partial charge in [0.15, 0.2) is 0 Å². The number of nitrogens with zero attached hydrogens (tertiary/aromatic N) is 1. The third-order valence-corrected chi connectivity index (χ3v) is 3.65. The zero-order valence-corrected chi connectivity index (χ0v) is 10.9. The smallest absolute Gasteiger partial charge is 0.0739 e. The van der Waals surface area contributed by atoms with Gasteiger partial charge in [-0.05, 0) is 33.3 Å². The van der Waals surface area contributed by atoms with E-state index < -0.39 is 0 Å². The highest BCUT2D eigenvalue weighted by atomic mass is 79.9. The fraction of sp³-hybridized carbons (Fsp3) is 0.214. The Morgan fingerprint density at radius 2 is 2.00 bits per heavy atom. The molecule has 0 radical (unpaired) electrons. The predicted molar refractivity (Wildman–Crippen MR) is 72.9 cm³/mol. The average Bonchev–Trinajstić information content (AvgIpc) is 2.41. The number of benzene rings is 1. The molecule has 0 aliphatic carbocycles. The van der Waals surface area contributed by atoms with Crippen LogP contribution >= 0.6 is 15.9 Å². The molecule has 0 N–H and O–H groups in total. The summed E-state index contributed by atoms with van der Waals surface area (Å²) in [4.78, 5) is 4.56. The maximum absolute atomic E-state index is 5.34. The van der Waals surface area contributed by atoms with E-state index in [-0.39, 0.29) is 0 Å². The Hall–Kier alpha value is -1.19. The summed E-state index contributed by atoms with van der Waals surface area (Å²) in [6.45, 7) is 1.49. The van der Waals surface area contributed by atoms with Crippen LogP contribution < -0.4 is 0 Å². The number of pyridine rings is 1. The molecule has 0 spiro atoms. The molecule has 0 saturated heterocycles. The second-order valence-corrected chi connectivity index (χ2v) is 4.91. The van der Waals surface area contributed by atoms with Crippen molar-refractivity contribution in [3.63, 3.8) is 0 Å². The first-order chi connectivity index (χ1) is 8.36. The van der Waals surface area contributed by atoms with Crippen molar-refractivity contribution >= 4 is 32.3 Å². The molecule has 2 heterocycles. The molecule has 1 aliphatic rings. The number of halogens is 1. The van der Waals surface area contributed by atoms with Crippen molar-refractivity contribution in [2.24, 2.45) is 0 Å². The normalized spacial score (nSPS) is 15.9. The van der Waals surface area contributed by atoms with E-state index >= 15 is 0 Å². The monoisotopic (exact) mass is 289 g/mol. The number of hydrogen-bond donors (Lipinski definition) is 0. The maximum atomic E-state index is 5.34. The van der Waals surface area contributed by atoms with E-state index in [0.717, 1.165) is 23.2 Å². The van der Waals surface area contributed by atoms with E-state index in [4.69, 9.17) is 4.74 Å². The van der Waals surface area contributed by atoms with Gasteiger partial charge in [-0.15, -0.1) is 0 Å². The Kier molecular flexibility index (Phi) is 2.95. The Labute approximate surface area is 108 Å². The molecule has 0 amide bonds. The van der Waals surface area contributed by atoms with Crippen molar-refractivity contribution in [2.45, 2.75) is 6.42 Å². The van der Waals surface area contributed by atoms with Crippen LogP contribution in [0, 0.1) is 0 Å². The predicted octanol–water partition coefficient (Wildman–Crippen LogP) is 3.80. The zero-order valence-electron chi connectivity index (χ0n) is 9.32. The first-order valence-electron chi connectivity index (χ1n) is 5.66. The van der Waals surface area contributed by atoms with Crippen LogP contribution in [0.3, 0.4) is 0 Å². The van der Waals surface area contributed by atoms with Gasteiger partial charge in [-0.1, -0.05) is 30.3 Å². The minimum Gasteiger partial charge on any atom is -0.377 e. The molecule has 0 saturated carbocycles. The standard InChI is InChI=1S/C14H12BrNO/c15-13-9-16-14(10-5-7-17-8-6-10)12-4-2-1-3-11(12)13/h1-5,9H,6-8H2. The lowest BCUT2D eigenvalue weighted by Gasteiger charge is -2.15. The Balaban J connectivity index is 2.23. The van der Waals surface area contributed by atoms with E-state index in [1.807, 2.05) is 6.20 Å². The summed E-state index contributed by atoms with van der Waals surface area (Å²) in [6.07, 6.45) is 4.96. The summed E-state index contributed by atoms with van der Waals surface area (Å²) in [6, 6.07) is 8.35. The summed E-state index contributed by atoms with van der Waals surface area (Å²) in [5.74, 6) is 0. The highest BCUT2D eigenvalue weighted by molar-refractivity contribution is 9.10. The van der Waals surface area contributed by atoms with Crippen LogP contribution in [0.15, 0.2) is 41.0 Å². The van der Waals surface area contributed by atoms with Crippen molar-refractivity contribution in [1.29, 1.82) is 0 Å². The van der Waals surface area contributed by atoms with Gasteiger partial charge in [0.05, 0.1) is 18.9 Å². The van der Waals surface area contributed by atoms with Gasteiger partial charge >= 0.3 is 0 Å². The van der Waals surface area contributed by atoms with Gasteiger partial charge < -0.3 is 4.74 Å². The van der Waals surface area contributed by atoms with Crippen molar-refractivity contribution < 1.29 is 4.74 Å². The van der Waals surface area contributed by atoms with Gasteiger partial charge in [0.1, 0.15) is 0 Å². The quantitative estimate of drug-likeness (QED) is 0.797. The third kappa shape index (κ3) is 2.01. The SMILES string of the molecule is Brc1cnc(C2=CCOCC2)c2ccccc12. The van der Waals surface area contributed by atoms with Crippen molar-refractivity contribution in [2.75, 3.05) is 13.2 Å². The van der Waals surface area contributed by atoms with E-state index in [0.29, 0.717) is 6.61 Å². The highest BCUT2D eigenvalue weighted by Gasteiger charge is 2.12. The van der Waals surface area contributed by atoms with Crippen LogP contribution in [0.4, 0.5) is 0 Å². The van der Waals surface area contributed by atoms with Gasteiger partial charge in [-0.3, -0.25) is 4.98 Å². The largest absolute Gasteiger partial charge is 0.377 e. The Bertz CT molecular complexity index is 592. The van der Waals surface area contributed by atoms with Gasteiger partial charge in [0, 0.05) is 16.1 Å². The summed E-state index contributed by atoms with van der Waals surface area (Å²) >= 11 is 3.55. The first-order valence-corrected chi connectivity index (χ1v) is 6.46. The Morgan fingerprint density at radius 1 is 1.18 bits per heavy atom. The average molecular weight is 290 g/mol. The molecule has 0 fully saturated rings. The molecular formula is C14H12BrNO. The van der Waals surface area contributed by atoms with E-state index in [9.17, 15) is 0 Å². The number of fused-ring (bicyclic) bond motifs is 1. The van der Waals surface area contributed by atoms with Crippen LogP contribution in [0.1, 0.15) is 12.1 Å². The third-order valence-electron chi connectivity index (χ3n) is 3.01. The minimum atomic E-state index is 0.696. The molecule has 3 rings (SSSR count). The number of hydrogen-bond acceptors (Lipinski definition) is 2. The topological polar surface area (TPSA) is 22.1 Å². The van der Waals surface area contributed by atoms with Crippen molar-refractivity contribution in [3.05, 3.63) is 46.7 Å². The lowest BCUT2D eigenvalue weighted by molar-refractivity contribution is 0.161. The van der Waals surface area contributed by atoms with Gasteiger partial charge in [0.2, 0.25) is 0 Å². The second-order valence-electron chi connectivity index (χ2n) is 4.05. The second kappa shape index (κ2) is 4.59. The van der Waals surface area contributed by atoms with Crippen LogP contribution in [0.5, 0.6) is 0 Å². The van der Waals surface area contributed by atoms with Crippen LogP contribution in [0.25, 0.3) is 16.3 Å². The lowest BCUT2D eigenvalue weighted by Crippen LogP contribution is -2.05. The molecule has 0 bridgehead atoms. The van der Waals surface area contributed by atoms with Crippen LogP contribution in [-0.4, -0.2) is 18.2 Å².